The van der Waals surface area contributed by atoms with Crippen molar-refractivity contribution in [2.75, 3.05) is 0 Å². The topological polar surface area (TPSA) is 37.3 Å². The molecule has 0 aliphatic heterocycles. The van der Waals surface area contributed by atoms with Crippen molar-refractivity contribution in [1.82, 2.24) is 0 Å². The van der Waals surface area contributed by atoms with Crippen LogP contribution in [0.4, 0.5) is 0 Å². The van der Waals surface area contributed by atoms with Gasteiger partial charge < -0.3 is 5.11 Å². The van der Waals surface area contributed by atoms with E-state index in [1.807, 2.05) is 0 Å². The van der Waals surface area contributed by atoms with Crippen molar-refractivity contribution >= 4 is 5.97 Å². The lowest BCUT2D eigenvalue weighted by atomic mass is 9.68. The molecule has 0 unspecified atom stereocenters. The third-order valence-electron chi connectivity index (χ3n) is 3.70. The summed E-state index contributed by atoms with van der Waals surface area (Å²) in [5, 5.41) is 9.31. The van der Waals surface area contributed by atoms with Crippen molar-refractivity contribution in [3.63, 3.8) is 0 Å². The monoisotopic (exact) mass is 208 g/mol. The molecule has 1 aliphatic carbocycles. The van der Waals surface area contributed by atoms with Gasteiger partial charge in [0.1, 0.15) is 0 Å². The molecule has 2 nitrogen and oxygen atoms in total. The Morgan fingerprint density at radius 1 is 1.47 bits per heavy atom. The van der Waals surface area contributed by atoms with Crippen LogP contribution < -0.4 is 0 Å². The average Bonchev–Trinajstić information content (AvgIpc) is 2.27. The molecule has 2 heteroatoms. The van der Waals surface area contributed by atoms with Gasteiger partial charge in [0.25, 0.3) is 0 Å². The van der Waals surface area contributed by atoms with E-state index in [2.05, 4.69) is 18.8 Å². The summed E-state index contributed by atoms with van der Waals surface area (Å²) in [4.78, 5) is 11.3. The number of carbonyl (C=O) groups is 1. The Balaban J connectivity index is 2.67. The van der Waals surface area contributed by atoms with Crippen LogP contribution in [0.1, 0.15) is 52.4 Å². The first-order chi connectivity index (χ1) is 7.14. The quantitative estimate of drug-likeness (QED) is 0.724. The number of hydrogen-bond acceptors (Lipinski definition) is 1. The van der Waals surface area contributed by atoms with E-state index in [9.17, 15) is 9.90 Å². The molecule has 0 aromatic rings. The van der Waals surface area contributed by atoms with Crippen LogP contribution in [0.25, 0.3) is 0 Å². The normalized spacial score (nSPS) is 30.4. The summed E-state index contributed by atoms with van der Waals surface area (Å²) in [6.07, 6.45) is 5.40. The minimum absolute atomic E-state index is 0.523. The summed E-state index contributed by atoms with van der Waals surface area (Å²) in [7, 11) is 0. The second kappa shape index (κ2) is 5.21. The molecule has 0 aromatic heterocycles. The van der Waals surface area contributed by atoms with E-state index in [-0.39, 0.29) is 0 Å². The van der Waals surface area contributed by atoms with Gasteiger partial charge in [-0.2, -0.15) is 0 Å². The fourth-order valence-corrected chi connectivity index (χ4v) is 2.36. The predicted molar refractivity (Wildman–Crippen MR) is 60.4 cm³/mol. The Morgan fingerprint density at radius 3 is 2.47 bits per heavy atom. The third kappa shape index (κ3) is 2.75. The van der Waals surface area contributed by atoms with Crippen molar-refractivity contribution in [3.05, 3.63) is 0 Å². The van der Waals surface area contributed by atoms with Gasteiger partial charge in [-0.05, 0) is 38.5 Å². The zero-order valence-corrected chi connectivity index (χ0v) is 9.68. The SMILES string of the molecule is CC#CCC1(C(=O)O)CCC(CC)CC1. The lowest BCUT2D eigenvalue weighted by molar-refractivity contribution is -0.151. The lowest BCUT2D eigenvalue weighted by Crippen LogP contribution is -2.35. The van der Waals surface area contributed by atoms with Crippen molar-refractivity contribution in [2.24, 2.45) is 11.3 Å². The van der Waals surface area contributed by atoms with E-state index in [0.29, 0.717) is 6.42 Å². The largest absolute Gasteiger partial charge is 0.481 e. The Labute approximate surface area is 92.1 Å². The molecule has 0 radical (unpaired) electrons. The summed E-state index contributed by atoms with van der Waals surface area (Å²) >= 11 is 0. The maximum Gasteiger partial charge on any atom is 0.310 e. The molecule has 1 fully saturated rings. The zero-order chi connectivity index (χ0) is 11.3. The van der Waals surface area contributed by atoms with Crippen molar-refractivity contribution in [1.29, 1.82) is 0 Å². The number of carboxylic acid groups (broad SMARTS) is 1. The molecule has 0 heterocycles. The van der Waals surface area contributed by atoms with E-state index < -0.39 is 11.4 Å². The van der Waals surface area contributed by atoms with Crippen LogP contribution in [-0.4, -0.2) is 11.1 Å². The van der Waals surface area contributed by atoms with E-state index in [1.165, 1.54) is 6.42 Å². The second-order valence-corrected chi connectivity index (χ2v) is 4.54. The maximum atomic E-state index is 11.3. The lowest BCUT2D eigenvalue weighted by Gasteiger charge is -2.35. The highest BCUT2D eigenvalue weighted by Gasteiger charge is 2.40. The standard InChI is InChI=1S/C13H20O2/c1-3-5-8-13(12(14)15)9-6-11(4-2)7-10-13/h11H,4,6-10H2,1-2H3,(H,14,15). The molecular weight excluding hydrogens is 188 g/mol. The minimum Gasteiger partial charge on any atom is -0.481 e. The summed E-state index contributed by atoms with van der Waals surface area (Å²) in [5.74, 6) is 5.82. The third-order valence-corrected chi connectivity index (χ3v) is 3.70. The fraction of sp³-hybridized carbons (Fsp3) is 0.769. The molecule has 15 heavy (non-hydrogen) atoms. The first kappa shape index (κ1) is 12.1. The van der Waals surface area contributed by atoms with Gasteiger partial charge >= 0.3 is 5.97 Å². The predicted octanol–water partition coefficient (Wildman–Crippen LogP) is 3.07. The zero-order valence-electron chi connectivity index (χ0n) is 9.68. The minimum atomic E-state index is -0.653. The van der Waals surface area contributed by atoms with E-state index in [0.717, 1.165) is 31.6 Å². The summed E-state index contributed by atoms with van der Waals surface area (Å²) in [6, 6.07) is 0. The first-order valence-electron chi connectivity index (χ1n) is 5.77. The smallest absolute Gasteiger partial charge is 0.310 e. The molecule has 0 spiro atoms. The van der Waals surface area contributed by atoms with Gasteiger partial charge in [0.05, 0.1) is 5.41 Å². The van der Waals surface area contributed by atoms with Gasteiger partial charge in [-0.3, -0.25) is 4.79 Å². The molecule has 0 saturated heterocycles. The van der Waals surface area contributed by atoms with Crippen LogP contribution in [0.3, 0.4) is 0 Å². The van der Waals surface area contributed by atoms with Gasteiger partial charge in [-0.25, -0.2) is 0 Å². The van der Waals surface area contributed by atoms with Crippen molar-refractivity contribution in [3.8, 4) is 11.8 Å². The van der Waals surface area contributed by atoms with Crippen LogP contribution >= 0.6 is 0 Å². The highest BCUT2D eigenvalue weighted by Crippen LogP contribution is 2.42. The molecule has 1 rings (SSSR count). The summed E-state index contributed by atoms with van der Waals surface area (Å²) < 4.78 is 0. The molecule has 1 saturated carbocycles. The van der Waals surface area contributed by atoms with Crippen LogP contribution in [0.15, 0.2) is 0 Å². The Kier molecular flexibility index (Phi) is 4.20. The van der Waals surface area contributed by atoms with E-state index in [1.54, 1.807) is 6.92 Å². The van der Waals surface area contributed by atoms with Gasteiger partial charge in [0.2, 0.25) is 0 Å². The Hall–Kier alpha value is -0.970. The van der Waals surface area contributed by atoms with Crippen LogP contribution in [-0.2, 0) is 4.79 Å². The van der Waals surface area contributed by atoms with Gasteiger partial charge in [0.15, 0.2) is 0 Å². The number of carboxylic acids is 1. The Morgan fingerprint density at radius 2 is 2.07 bits per heavy atom. The van der Waals surface area contributed by atoms with Crippen molar-refractivity contribution in [2.45, 2.75) is 52.4 Å². The van der Waals surface area contributed by atoms with E-state index >= 15 is 0 Å². The van der Waals surface area contributed by atoms with Crippen LogP contribution in [0.2, 0.25) is 0 Å². The molecule has 0 bridgehead atoms. The maximum absolute atomic E-state index is 11.3. The Bertz CT molecular complexity index is 275. The van der Waals surface area contributed by atoms with Gasteiger partial charge in [-0.15, -0.1) is 11.8 Å². The molecular formula is C13H20O2. The van der Waals surface area contributed by atoms with Crippen LogP contribution in [0.5, 0.6) is 0 Å². The molecule has 1 aliphatic rings. The first-order valence-corrected chi connectivity index (χ1v) is 5.77. The van der Waals surface area contributed by atoms with E-state index in [4.69, 9.17) is 0 Å². The van der Waals surface area contributed by atoms with Gasteiger partial charge in [0, 0.05) is 6.42 Å². The molecule has 1 N–H and O–H groups in total. The number of aliphatic carboxylic acids is 1. The fourth-order valence-electron chi connectivity index (χ4n) is 2.36. The summed E-state index contributed by atoms with van der Waals surface area (Å²) in [5.41, 5.74) is -0.547. The molecule has 84 valence electrons. The highest BCUT2D eigenvalue weighted by molar-refractivity contribution is 5.75. The molecule has 0 atom stereocenters. The average molecular weight is 208 g/mol. The molecule has 0 aromatic carbocycles. The summed E-state index contributed by atoms with van der Waals surface area (Å²) in [6.45, 7) is 3.96. The van der Waals surface area contributed by atoms with Gasteiger partial charge in [-0.1, -0.05) is 13.3 Å². The van der Waals surface area contributed by atoms with Crippen molar-refractivity contribution < 1.29 is 9.90 Å². The molecule has 0 amide bonds. The number of hydrogen-bond donors (Lipinski definition) is 1. The second-order valence-electron chi connectivity index (χ2n) is 4.54. The van der Waals surface area contributed by atoms with Crippen LogP contribution in [0, 0.1) is 23.2 Å². The number of rotatable bonds is 3. The highest BCUT2D eigenvalue weighted by atomic mass is 16.4.